The number of hydrogen-bond donors (Lipinski definition) is 0. The molecule has 1 aliphatic heterocycles. The van der Waals surface area contributed by atoms with E-state index in [1.54, 1.807) is 0 Å². The fraction of sp³-hybridized carbons (Fsp3) is 0.677. The van der Waals surface area contributed by atoms with E-state index in [0.29, 0.717) is 12.8 Å². The quantitative estimate of drug-likeness (QED) is 0.0324. The highest BCUT2D eigenvalue weighted by Gasteiger charge is 2.46. The largest absolute Gasteiger partial charge is 0.456 e. The highest BCUT2D eigenvalue weighted by Crippen LogP contribution is 2.47. The van der Waals surface area contributed by atoms with Crippen LogP contribution in [0, 0.1) is 23.7 Å². The van der Waals surface area contributed by atoms with Gasteiger partial charge in [-0.15, -0.1) is 0 Å². The Hall–Kier alpha value is -3.48. The average molecular weight is 933 g/mol. The molecule has 6 nitrogen and oxygen atoms in total. The molecule has 0 spiro atoms. The van der Waals surface area contributed by atoms with E-state index in [4.69, 9.17) is 18.9 Å². The molecule has 2 saturated carbocycles. The van der Waals surface area contributed by atoms with Crippen molar-refractivity contribution in [3.05, 3.63) is 108 Å². The second-order valence-corrected chi connectivity index (χ2v) is 21.2. The summed E-state index contributed by atoms with van der Waals surface area (Å²) in [5.41, 5.74) is 1.99. The van der Waals surface area contributed by atoms with Crippen LogP contribution in [0.5, 0.6) is 0 Å². The van der Waals surface area contributed by atoms with Gasteiger partial charge in [-0.3, -0.25) is 9.59 Å². The molecular weight excluding hydrogens is 841 g/mol. The van der Waals surface area contributed by atoms with Crippen LogP contribution in [0.2, 0.25) is 0 Å². The first-order valence-electron chi connectivity index (χ1n) is 28.3. The summed E-state index contributed by atoms with van der Waals surface area (Å²) in [4.78, 5) is 27.0. The molecule has 0 bridgehead atoms. The first-order chi connectivity index (χ1) is 33.5. The van der Waals surface area contributed by atoms with Crippen LogP contribution in [0.25, 0.3) is 0 Å². The van der Waals surface area contributed by atoms with E-state index in [9.17, 15) is 9.59 Å². The molecule has 3 aliphatic rings. The molecule has 3 aromatic rings. The summed E-state index contributed by atoms with van der Waals surface area (Å²) in [5, 5.41) is 0. The van der Waals surface area contributed by atoms with Crippen molar-refractivity contribution >= 4 is 11.9 Å². The molecule has 6 rings (SSSR count). The summed E-state index contributed by atoms with van der Waals surface area (Å²) in [6.07, 6.45) is 34.9. The lowest BCUT2D eigenvalue weighted by atomic mass is 9.80. The third-order valence-corrected chi connectivity index (χ3v) is 15.7. The summed E-state index contributed by atoms with van der Waals surface area (Å²) in [5.74, 6) is 3.39. The standard InChI is InChI=1S/C62H92O6/c1-3-5-7-9-13-22-34-50-46-52(50)36-24-15-11-17-32-44-59(63)67-58-48-65-57(49-66-62(54-38-26-19-27-39-54,55-40-28-20-29-41-55)56-42-30-21-31-43-56)61(58)68-60(64)45-33-18-12-16-25-37-53-47-51(53)35-23-14-10-8-6-4-2/h19-21,26-31,38-43,50-53,57-58,61H,3-18,22-25,32-37,44-49H2,1-2H3/t50?,51?,52?,53?,57-,58?,61+/m1/s1. The van der Waals surface area contributed by atoms with E-state index in [-0.39, 0.29) is 25.2 Å². The summed E-state index contributed by atoms with van der Waals surface area (Å²) >= 11 is 0. The molecule has 6 heteroatoms. The predicted molar refractivity (Wildman–Crippen MR) is 278 cm³/mol. The normalized spacial score (nSPS) is 22.0. The van der Waals surface area contributed by atoms with E-state index in [2.05, 4.69) is 50.2 Å². The van der Waals surface area contributed by atoms with Crippen molar-refractivity contribution in [1.29, 1.82) is 0 Å². The van der Waals surface area contributed by atoms with Gasteiger partial charge in [-0.05, 0) is 66.0 Å². The molecule has 0 amide bonds. The van der Waals surface area contributed by atoms with Gasteiger partial charge in [0, 0.05) is 12.8 Å². The van der Waals surface area contributed by atoms with Gasteiger partial charge in [0.05, 0.1) is 13.2 Å². The number of hydrogen-bond acceptors (Lipinski definition) is 6. The lowest BCUT2D eigenvalue weighted by molar-refractivity contribution is -0.168. The first-order valence-corrected chi connectivity index (χ1v) is 28.3. The van der Waals surface area contributed by atoms with Crippen molar-refractivity contribution in [1.82, 2.24) is 0 Å². The molecule has 3 aromatic carbocycles. The lowest BCUT2D eigenvalue weighted by Crippen LogP contribution is -2.42. The zero-order valence-corrected chi connectivity index (χ0v) is 42.8. The Morgan fingerprint density at radius 3 is 1.22 bits per heavy atom. The molecule has 5 unspecified atom stereocenters. The maximum absolute atomic E-state index is 13.6. The van der Waals surface area contributed by atoms with Crippen LogP contribution in [0.15, 0.2) is 91.0 Å². The third kappa shape index (κ3) is 18.4. The van der Waals surface area contributed by atoms with Gasteiger partial charge in [-0.2, -0.15) is 0 Å². The minimum atomic E-state index is -0.960. The van der Waals surface area contributed by atoms with Crippen LogP contribution in [0.3, 0.4) is 0 Å². The minimum Gasteiger partial charge on any atom is -0.456 e. The first kappa shape index (κ1) is 53.9. The van der Waals surface area contributed by atoms with E-state index in [0.717, 1.165) is 78.9 Å². The predicted octanol–water partition coefficient (Wildman–Crippen LogP) is 16.5. The molecule has 7 atom stereocenters. The SMILES string of the molecule is CCCCCCCCC1CC1CCCCCCCC(=O)OC1CO[C@H](COC(c2ccccc2)(c2ccccc2)c2ccccc2)[C@@H]1OC(=O)CCCCCCCC1CC1CCCCCCCC. The Kier molecular flexibility index (Phi) is 24.5. The number of unbranched alkanes of at least 4 members (excludes halogenated alkanes) is 18. The van der Waals surface area contributed by atoms with Crippen LogP contribution in [0.1, 0.15) is 223 Å². The second kappa shape index (κ2) is 31.0. The average Bonchev–Trinajstić information content (AvgIpc) is 4.28. The van der Waals surface area contributed by atoms with Crippen LogP contribution in [-0.2, 0) is 34.1 Å². The summed E-state index contributed by atoms with van der Waals surface area (Å²) in [7, 11) is 0. The molecule has 2 aliphatic carbocycles. The smallest absolute Gasteiger partial charge is 0.306 e. The summed E-state index contributed by atoms with van der Waals surface area (Å²) < 4.78 is 25.9. The molecule has 0 N–H and O–H groups in total. The van der Waals surface area contributed by atoms with Crippen molar-refractivity contribution in [2.75, 3.05) is 13.2 Å². The van der Waals surface area contributed by atoms with E-state index in [1.807, 2.05) is 54.6 Å². The van der Waals surface area contributed by atoms with Gasteiger partial charge in [-0.1, -0.05) is 259 Å². The molecule has 68 heavy (non-hydrogen) atoms. The Balaban J connectivity index is 0.961. The van der Waals surface area contributed by atoms with Crippen molar-refractivity contribution in [2.24, 2.45) is 23.7 Å². The second-order valence-electron chi connectivity index (χ2n) is 21.2. The third-order valence-electron chi connectivity index (χ3n) is 15.7. The van der Waals surface area contributed by atoms with Crippen molar-refractivity contribution in [2.45, 2.75) is 230 Å². The Morgan fingerprint density at radius 2 is 0.824 bits per heavy atom. The van der Waals surface area contributed by atoms with Crippen molar-refractivity contribution < 1.29 is 28.5 Å². The minimum absolute atomic E-state index is 0.131. The zero-order valence-electron chi connectivity index (χ0n) is 42.8. The fourth-order valence-corrected chi connectivity index (χ4v) is 11.3. The lowest BCUT2D eigenvalue weighted by Gasteiger charge is -2.37. The van der Waals surface area contributed by atoms with Crippen molar-refractivity contribution in [3.63, 3.8) is 0 Å². The van der Waals surface area contributed by atoms with Crippen LogP contribution >= 0.6 is 0 Å². The number of benzene rings is 3. The van der Waals surface area contributed by atoms with E-state index in [1.165, 1.54) is 141 Å². The van der Waals surface area contributed by atoms with Gasteiger partial charge in [0.15, 0.2) is 12.2 Å². The van der Waals surface area contributed by atoms with E-state index >= 15 is 0 Å². The Labute approximate surface area is 413 Å². The van der Waals surface area contributed by atoms with Gasteiger partial charge in [0.2, 0.25) is 0 Å². The van der Waals surface area contributed by atoms with Crippen LogP contribution < -0.4 is 0 Å². The van der Waals surface area contributed by atoms with Crippen LogP contribution in [0.4, 0.5) is 0 Å². The van der Waals surface area contributed by atoms with Crippen LogP contribution in [-0.4, -0.2) is 43.5 Å². The number of rotatable bonds is 38. The molecule has 0 radical (unpaired) electrons. The Morgan fingerprint density at radius 1 is 0.471 bits per heavy atom. The molecule has 3 fully saturated rings. The topological polar surface area (TPSA) is 71.1 Å². The number of carbonyl (C=O) groups excluding carboxylic acids is 2. The van der Waals surface area contributed by atoms with Crippen molar-refractivity contribution in [3.8, 4) is 0 Å². The molecule has 1 saturated heterocycles. The number of esters is 2. The summed E-state index contributed by atoms with van der Waals surface area (Å²) in [6, 6.07) is 30.8. The molecule has 376 valence electrons. The Bertz CT molecular complexity index is 1680. The fourth-order valence-electron chi connectivity index (χ4n) is 11.3. The van der Waals surface area contributed by atoms with Gasteiger partial charge < -0.3 is 18.9 Å². The summed E-state index contributed by atoms with van der Waals surface area (Å²) in [6.45, 7) is 4.87. The molecular formula is C62H92O6. The molecule has 0 aromatic heterocycles. The van der Waals surface area contributed by atoms with E-state index < -0.39 is 23.9 Å². The van der Waals surface area contributed by atoms with Gasteiger partial charge in [0.1, 0.15) is 11.7 Å². The van der Waals surface area contributed by atoms with Gasteiger partial charge in [0.25, 0.3) is 0 Å². The molecule has 1 heterocycles. The monoisotopic (exact) mass is 933 g/mol. The maximum Gasteiger partial charge on any atom is 0.306 e. The highest BCUT2D eigenvalue weighted by atomic mass is 16.6. The number of ether oxygens (including phenoxy) is 4. The van der Waals surface area contributed by atoms with Gasteiger partial charge in [-0.25, -0.2) is 0 Å². The number of carbonyl (C=O) groups is 2. The highest BCUT2D eigenvalue weighted by molar-refractivity contribution is 5.70. The van der Waals surface area contributed by atoms with Gasteiger partial charge >= 0.3 is 11.9 Å². The maximum atomic E-state index is 13.6. The zero-order chi connectivity index (χ0) is 47.5.